The molecule has 2 aromatic carbocycles. The monoisotopic (exact) mass is 541 g/mol. The SMILES string of the molecule is O=c1oc2ccc(Br)cc2cc1-c1cs/c(=N\N=C\c2ccc(Cl)cc2)n1C1CCCCC1. The maximum Gasteiger partial charge on any atom is 0.345 e. The third-order valence-electron chi connectivity index (χ3n) is 5.87. The fourth-order valence-electron chi connectivity index (χ4n) is 4.25. The van der Waals surface area contributed by atoms with Gasteiger partial charge in [0.15, 0.2) is 0 Å². The summed E-state index contributed by atoms with van der Waals surface area (Å²) in [5.41, 5.74) is 2.53. The summed E-state index contributed by atoms with van der Waals surface area (Å²) >= 11 is 11.0. The summed E-state index contributed by atoms with van der Waals surface area (Å²) in [4.78, 5) is 13.7. The Morgan fingerprint density at radius 3 is 2.67 bits per heavy atom. The lowest BCUT2D eigenvalue weighted by Gasteiger charge is -2.24. The minimum absolute atomic E-state index is 0.280. The summed E-state index contributed by atoms with van der Waals surface area (Å²) in [6.45, 7) is 0. The van der Waals surface area contributed by atoms with E-state index in [4.69, 9.17) is 16.0 Å². The van der Waals surface area contributed by atoms with E-state index in [1.165, 1.54) is 30.6 Å². The Hall–Kier alpha value is -2.48. The fraction of sp³-hybridized carbons (Fsp3) is 0.240. The van der Waals surface area contributed by atoms with Crippen molar-refractivity contribution >= 4 is 56.1 Å². The van der Waals surface area contributed by atoms with Crippen molar-refractivity contribution in [3.8, 4) is 11.3 Å². The number of halogens is 2. The molecule has 0 atom stereocenters. The number of nitrogens with zero attached hydrogens (tertiary/aromatic N) is 3. The predicted molar refractivity (Wildman–Crippen MR) is 138 cm³/mol. The molecule has 168 valence electrons. The average Bonchev–Trinajstić information content (AvgIpc) is 3.24. The van der Waals surface area contributed by atoms with Gasteiger partial charge in [0.05, 0.1) is 17.5 Å². The second-order valence-electron chi connectivity index (χ2n) is 8.09. The minimum Gasteiger partial charge on any atom is -0.422 e. The van der Waals surface area contributed by atoms with Gasteiger partial charge in [-0.2, -0.15) is 5.10 Å². The van der Waals surface area contributed by atoms with Crippen molar-refractivity contribution in [3.05, 3.63) is 84.2 Å². The molecule has 0 spiro atoms. The molecule has 33 heavy (non-hydrogen) atoms. The number of hydrogen-bond donors (Lipinski definition) is 0. The Morgan fingerprint density at radius 1 is 1.09 bits per heavy atom. The Morgan fingerprint density at radius 2 is 1.88 bits per heavy atom. The van der Waals surface area contributed by atoms with Gasteiger partial charge in [-0.3, -0.25) is 0 Å². The van der Waals surface area contributed by atoms with E-state index in [1.807, 2.05) is 47.8 Å². The van der Waals surface area contributed by atoms with Gasteiger partial charge in [-0.15, -0.1) is 16.4 Å². The van der Waals surface area contributed by atoms with E-state index in [1.54, 1.807) is 12.3 Å². The third kappa shape index (κ3) is 4.90. The van der Waals surface area contributed by atoms with Crippen LogP contribution in [-0.2, 0) is 0 Å². The Labute approximate surface area is 208 Å². The normalized spacial score (nSPS) is 15.6. The van der Waals surface area contributed by atoms with Gasteiger partial charge in [0.1, 0.15) is 5.58 Å². The van der Waals surface area contributed by atoms with Crippen LogP contribution in [0, 0.1) is 0 Å². The van der Waals surface area contributed by atoms with Crippen molar-refractivity contribution in [2.75, 3.05) is 0 Å². The quantitative estimate of drug-likeness (QED) is 0.156. The van der Waals surface area contributed by atoms with Gasteiger partial charge in [-0.1, -0.05) is 58.9 Å². The number of benzene rings is 2. The minimum atomic E-state index is -0.344. The van der Waals surface area contributed by atoms with Crippen LogP contribution in [-0.4, -0.2) is 10.8 Å². The highest BCUT2D eigenvalue weighted by Crippen LogP contribution is 2.32. The van der Waals surface area contributed by atoms with Gasteiger partial charge < -0.3 is 8.98 Å². The lowest BCUT2D eigenvalue weighted by molar-refractivity contribution is 0.350. The highest BCUT2D eigenvalue weighted by molar-refractivity contribution is 9.10. The molecule has 0 unspecified atom stereocenters. The van der Waals surface area contributed by atoms with Crippen LogP contribution in [0.1, 0.15) is 43.7 Å². The van der Waals surface area contributed by atoms with Crippen LogP contribution in [0.4, 0.5) is 0 Å². The zero-order chi connectivity index (χ0) is 22.8. The Bertz CT molecular complexity index is 1450. The Balaban J connectivity index is 1.61. The van der Waals surface area contributed by atoms with Crippen molar-refractivity contribution in [3.63, 3.8) is 0 Å². The third-order valence-corrected chi connectivity index (χ3v) is 7.45. The van der Waals surface area contributed by atoms with Crippen LogP contribution >= 0.6 is 38.9 Å². The summed E-state index contributed by atoms with van der Waals surface area (Å²) in [6.07, 6.45) is 7.40. The first-order chi connectivity index (χ1) is 16.1. The topological polar surface area (TPSA) is 59.9 Å². The van der Waals surface area contributed by atoms with Crippen LogP contribution in [0.5, 0.6) is 0 Å². The summed E-state index contributed by atoms with van der Waals surface area (Å²) in [7, 11) is 0. The van der Waals surface area contributed by atoms with Gasteiger partial charge in [-0.25, -0.2) is 4.79 Å². The number of rotatable bonds is 4. The second-order valence-corrected chi connectivity index (χ2v) is 10.3. The molecule has 0 radical (unpaired) electrons. The molecular weight excluding hydrogens is 522 g/mol. The first-order valence-corrected chi connectivity index (χ1v) is 12.9. The molecule has 4 aromatic rings. The highest BCUT2D eigenvalue weighted by Gasteiger charge is 2.22. The van der Waals surface area contributed by atoms with Crippen molar-refractivity contribution in [1.82, 2.24) is 4.57 Å². The summed E-state index contributed by atoms with van der Waals surface area (Å²) in [5.74, 6) is 0. The van der Waals surface area contributed by atoms with E-state index in [0.29, 0.717) is 16.2 Å². The lowest BCUT2D eigenvalue weighted by atomic mass is 9.95. The molecule has 2 aromatic heterocycles. The molecular formula is C25H21BrClN3O2S. The molecule has 5 rings (SSSR count). The van der Waals surface area contributed by atoms with Crippen LogP contribution in [0.15, 0.2) is 77.8 Å². The second kappa shape index (κ2) is 9.79. The number of hydrogen-bond acceptors (Lipinski definition) is 5. The van der Waals surface area contributed by atoms with E-state index in [2.05, 4.69) is 30.7 Å². The summed E-state index contributed by atoms with van der Waals surface area (Å²) < 4.78 is 8.76. The van der Waals surface area contributed by atoms with E-state index < -0.39 is 0 Å². The summed E-state index contributed by atoms with van der Waals surface area (Å²) in [6, 6.07) is 15.3. The molecule has 0 saturated heterocycles. The molecule has 8 heteroatoms. The van der Waals surface area contributed by atoms with E-state index >= 15 is 0 Å². The van der Waals surface area contributed by atoms with Gasteiger partial charge in [-0.05, 0) is 54.8 Å². The first-order valence-electron chi connectivity index (χ1n) is 10.8. The first kappa shape index (κ1) is 22.3. The molecule has 0 N–H and O–H groups in total. The van der Waals surface area contributed by atoms with Crippen LogP contribution in [0.25, 0.3) is 22.2 Å². The van der Waals surface area contributed by atoms with Crippen molar-refractivity contribution in [2.24, 2.45) is 10.2 Å². The van der Waals surface area contributed by atoms with Crippen LogP contribution in [0.3, 0.4) is 0 Å². The molecule has 5 nitrogen and oxygen atoms in total. The van der Waals surface area contributed by atoms with Gasteiger partial charge in [0.25, 0.3) is 0 Å². The number of aromatic nitrogens is 1. The molecule has 1 aliphatic rings. The standard InChI is InChI=1S/C25H21BrClN3O2S/c26-18-8-11-23-17(12-18)13-21(24(31)32-23)22-15-33-25(30(22)20-4-2-1-3-5-20)29-28-14-16-6-9-19(27)10-7-16/h6-15,20H,1-5H2/b28-14+,29-25-. The van der Waals surface area contributed by atoms with Crippen molar-refractivity contribution in [2.45, 2.75) is 38.1 Å². The van der Waals surface area contributed by atoms with E-state index in [9.17, 15) is 4.79 Å². The van der Waals surface area contributed by atoms with Crippen molar-refractivity contribution in [1.29, 1.82) is 0 Å². The van der Waals surface area contributed by atoms with E-state index in [-0.39, 0.29) is 11.7 Å². The zero-order valence-corrected chi connectivity index (χ0v) is 20.9. The smallest absolute Gasteiger partial charge is 0.345 e. The fourth-order valence-corrected chi connectivity index (χ4v) is 5.67. The molecule has 1 saturated carbocycles. The molecule has 2 heterocycles. The van der Waals surface area contributed by atoms with Gasteiger partial charge in [0.2, 0.25) is 4.80 Å². The van der Waals surface area contributed by atoms with Gasteiger partial charge in [0, 0.05) is 26.3 Å². The molecule has 0 amide bonds. The molecule has 1 aliphatic carbocycles. The number of thiazole rings is 1. The lowest BCUT2D eigenvalue weighted by Crippen LogP contribution is -2.24. The Kier molecular flexibility index (Phi) is 6.62. The van der Waals surface area contributed by atoms with Gasteiger partial charge >= 0.3 is 5.63 Å². The highest BCUT2D eigenvalue weighted by atomic mass is 79.9. The summed E-state index contributed by atoms with van der Waals surface area (Å²) in [5, 5.41) is 12.4. The maximum atomic E-state index is 12.9. The zero-order valence-electron chi connectivity index (χ0n) is 17.7. The van der Waals surface area contributed by atoms with Crippen molar-refractivity contribution < 1.29 is 4.42 Å². The van der Waals surface area contributed by atoms with Crippen LogP contribution < -0.4 is 10.4 Å². The predicted octanol–water partition coefficient (Wildman–Crippen LogP) is 7.18. The largest absolute Gasteiger partial charge is 0.422 e. The molecule has 0 bridgehead atoms. The van der Waals surface area contributed by atoms with Crippen LogP contribution in [0.2, 0.25) is 5.02 Å². The molecule has 1 fully saturated rings. The van der Waals surface area contributed by atoms with E-state index in [0.717, 1.165) is 38.8 Å². The molecule has 0 aliphatic heterocycles. The average molecular weight is 543 g/mol. The maximum absolute atomic E-state index is 12.9. The number of fused-ring (bicyclic) bond motifs is 1.